The Bertz CT molecular complexity index is 1220. The van der Waals surface area contributed by atoms with E-state index in [9.17, 15) is 10.0 Å². The van der Waals surface area contributed by atoms with Crippen LogP contribution in [-0.2, 0) is 0 Å². The SMILES string of the molecule is OB(O)c1ccc(-c2cccc3c2sc2c(C4C=CC=CC4)cccc23)cc1. The number of benzene rings is 3. The first-order chi connectivity index (χ1) is 13.7. The Morgan fingerprint density at radius 2 is 1.57 bits per heavy atom. The highest BCUT2D eigenvalue weighted by molar-refractivity contribution is 7.26. The molecular formula is C24H19BO2S. The van der Waals surface area contributed by atoms with Gasteiger partial charge in [0, 0.05) is 26.1 Å². The lowest BCUT2D eigenvalue weighted by Crippen LogP contribution is -2.29. The van der Waals surface area contributed by atoms with Crippen LogP contribution in [0.2, 0.25) is 0 Å². The third kappa shape index (κ3) is 2.90. The van der Waals surface area contributed by atoms with Gasteiger partial charge in [-0.2, -0.15) is 0 Å². The molecule has 0 bridgehead atoms. The van der Waals surface area contributed by atoms with Gasteiger partial charge in [-0.1, -0.05) is 85.0 Å². The van der Waals surface area contributed by atoms with E-state index < -0.39 is 7.12 Å². The van der Waals surface area contributed by atoms with Crippen LogP contribution >= 0.6 is 11.3 Å². The lowest BCUT2D eigenvalue weighted by Gasteiger charge is -2.14. The minimum Gasteiger partial charge on any atom is -0.423 e. The van der Waals surface area contributed by atoms with Crippen LogP contribution in [0, 0.1) is 0 Å². The summed E-state index contributed by atoms with van der Waals surface area (Å²) in [5.74, 6) is 0.426. The smallest absolute Gasteiger partial charge is 0.423 e. The maximum Gasteiger partial charge on any atom is 0.488 e. The zero-order valence-electron chi connectivity index (χ0n) is 15.2. The van der Waals surface area contributed by atoms with Gasteiger partial charge in [0.15, 0.2) is 0 Å². The fourth-order valence-electron chi connectivity index (χ4n) is 4.01. The fraction of sp³-hybridized carbons (Fsp3) is 0.0833. The Hall–Kier alpha value is -2.66. The average molecular weight is 382 g/mol. The highest BCUT2D eigenvalue weighted by atomic mass is 32.1. The predicted octanol–water partition coefficient (Wildman–Crippen LogP) is 5.00. The molecule has 1 aliphatic carbocycles. The van der Waals surface area contributed by atoms with Crippen LogP contribution in [0.1, 0.15) is 17.9 Å². The van der Waals surface area contributed by atoms with E-state index in [2.05, 4.69) is 60.7 Å². The molecule has 1 aliphatic rings. The van der Waals surface area contributed by atoms with Gasteiger partial charge in [0.05, 0.1) is 0 Å². The molecule has 1 atom stereocenters. The molecule has 2 N–H and O–H groups in total. The summed E-state index contributed by atoms with van der Waals surface area (Å²) in [6, 6.07) is 20.6. The largest absolute Gasteiger partial charge is 0.488 e. The van der Waals surface area contributed by atoms with Crippen LogP contribution in [0.3, 0.4) is 0 Å². The van der Waals surface area contributed by atoms with Crippen molar-refractivity contribution in [3.8, 4) is 11.1 Å². The molecule has 0 aliphatic heterocycles. The summed E-state index contributed by atoms with van der Waals surface area (Å²) in [5.41, 5.74) is 4.17. The standard InChI is InChI=1S/C24H19BO2S/c26-25(27)18-14-12-17(13-15-18)20-9-5-11-22-21-10-4-8-19(23(21)28-24(20)22)16-6-2-1-3-7-16/h1-6,8-16,26-27H,7H2. The molecule has 1 heterocycles. The summed E-state index contributed by atoms with van der Waals surface area (Å²) in [7, 11) is -1.44. The average Bonchev–Trinajstić information content (AvgIpc) is 3.13. The molecule has 0 saturated carbocycles. The molecule has 3 aromatic carbocycles. The lowest BCUT2D eigenvalue weighted by molar-refractivity contribution is 0.426. The summed E-state index contributed by atoms with van der Waals surface area (Å²) in [4.78, 5) is 0. The van der Waals surface area contributed by atoms with Gasteiger partial charge in [-0.3, -0.25) is 0 Å². The highest BCUT2D eigenvalue weighted by Crippen LogP contribution is 2.43. The van der Waals surface area contributed by atoms with Crippen LogP contribution < -0.4 is 5.46 Å². The van der Waals surface area contributed by atoms with E-state index >= 15 is 0 Å². The topological polar surface area (TPSA) is 40.5 Å². The molecule has 28 heavy (non-hydrogen) atoms. The van der Waals surface area contributed by atoms with Crippen LogP contribution in [0.25, 0.3) is 31.3 Å². The van der Waals surface area contributed by atoms with E-state index in [0.717, 1.165) is 12.0 Å². The summed E-state index contributed by atoms with van der Waals surface area (Å²) in [6.07, 6.45) is 9.83. The number of fused-ring (bicyclic) bond motifs is 3. The van der Waals surface area contributed by atoms with Crippen molar-refractivity contribution in [1.29, 1.82) is 0 Å². The number of hydrogen-bond donors (Lipinski definition) is 2. The first-order valence-electron chi connectivity index (χ1n) is 9.46. The molecule has 1 unspecified atom stereocenters. The van der Waals surface area contributed by atoms with Gasteiger partial charge in [0.25, 0.3) is 0 Å². The van der Waals surface area contributed by atoms with Crippen LogP contribution in [-0.4, -0.2) is 17.2 Å². The minimum atomic E-state index is -1.44. The molecule has 0 spiro atoms. The number of rotatable bonds is 3. The molecule has 136 valence electrons. The Kier molecular flexibility index (Phi) is 4.40. The second kappa shape index (κ2) is 7.06. The van der Waals surface area contributed by atoms with Gasteiger partial charge in [-0.25, -0.2) is 0 Å². The van der Waals surface area contributed by atoms with Crippen molar-refractivity contribution in [1.82, 2.24) is 0 Å². The third-order valence-electron chi connectivity index (χ3n) is 5.45. The lowest BCUT2D eigenvalue weighted by atomic mass is 9.80. The summed E-state index contributed by atoms with van der Waals surface area (Å²) >= 11 is 1.86. The first kappa shape index (κ1) is 17.4. The predicted molar refractivity (Wildman–Crippen MR) is 120 cm³/mol. The Morgan fingerprint density at radius 1 is 0.821 bits per heavy atom. The summed E-state index contributed by atoms with van der Waals surface area (Å²) < 4.78 is 2.63. The van der Waals surface area contributed by atoms with Crippen molar-refractivity contribution in [3.63, 3.8) is 0 Å². The number of allylic oxidation sites excluding steroid dienone is 4. The van der Waals surface area contributed by atoms with Gasteiger partial charge in [-0.15, -0.1) is 11.3 Å². The molecule has 4 aromatic rings. The van der Waals surface area contributed by atoms with Gasteiger partial charge in [-0.05, 0) is 28.6 Å². The third-order valence-corrected chi connectivity index (χ3v) is 6.76. The molecule has 1 aromatic heterocycles. The van der Waals surface area contributed by atoms with Gasteiger partial charge < -0.3 is 10.0 Å². The molecule has 0 fully saturated rings. The highest BCUT2D eigenvalue weighted by Gasteiger charge is 2.17. The van der Waals surface area contributed by atoms with E-state index in [0.29, 0.717) is 11.4 Å². The molecule has 2 nitrogen and oxygen atoms in total. The summed E-state index contributed by atoms with van der Waals surface area (Å²) in [6.45, 7) is 0. The van der Waals surface area contributed by atoms with E-state index in [1.165, 1.54) is 31.3 Å². The molecule has 0 saturated heterocycles. The van der Waals surface area contributed by atoms with Crippen molar-refractivity contribution in [2.24, 2.45) is 0 Å². The zero-order valence-corrected chi connectivity index (χ0v) is 16.1. The van der Waals surface area contributed by atoms with Crippen molar-refractivity contribution in [2.75, 3.05) is 0 Å². The molecule has 5 rings (SSSR count). The minimum absolute atomic E-state index is 0.426. The quantitative estimate of drug-likeness (QED) is 0.490. The van der Waals surface area contributed by atoms with Gasteiger partial charge in [0.2, 0.25) is 0 Å². The van der Waals surface area contributed by atoms with E-state index in [-0.39, 0.29) is 0 Å². The molecule has 0 amide bonds. The summed E-state index contributed by atoms with van der Waals surface area (Å²) in [5, 5.41) is 21.3. The molecule has 4 heteroatoms. The molecular weight excluding hydrogens is 363 g/mol. The molecule has 0 radical (unpaired) electrons. The Morgan fingerprint density at radius 3 is 2.29 bits per heavy atom. The first-order valence-corrected chi connectivity index (χ1v) is 10.3. The van der Waals surface area contributed by atoms with Crippen molar-refractivity contribution in [2.45, 2.75) is 12.3 Å². The Balaban J connectivity index is 1.70. The van der Waals surface area contributed by atoms with Crippen LogP contribution in [0.4, 0.5) is 0 Å². The second-order valence-corrected chi connectivity index (χ2v) is 8.18. The van der Waals surface area contributed by atoms with Crippen LogP contribution in [0.15, 0.2) is 85.0 Å². The van der Waals surface area contributed by atoms with Crippen molar-refractivity contribution in [3.05, 3.63) is 90.5 Å². The maximum atomic E-state index is 9.35. The van der Waals surface area contributed by atoms with Gasteiger partial charge in [0.1, 0.15) is 0 Å². The fourth-order valence-corrected chi connectivity index (χ4v) is 5.42. The van der Waals surface area contributed by atoms with E-state index in [4.69, 9.17) is 0 Å². The van der Waals surface area contributed by atoms with Crippen molar-refractivity contribution < 1.29 is 10.0 Å². The number of hydrogen-bond acceptors (Lipinski definition) is 3. The normalized spacial score (nSPS) is 16.1. The number of thiophene rings is 1. The van der Waals surface area contributed by atoms with E-state index in [1.54, 1.807) is 12.1 Å². The van der Waals surface area contributed by atoms with Crippen LogP contribution in [0.5, 0.6) is 0 Å². The zero-order chi connectivity index (χ0) is 19.1. The monoisotopic (exact) mass is 382 g/mol. The second-order valence-electron chi connectivity index (χ2n) is 7.16. The Labute approximate surface area is 168 Å². The van der Waals surface area contributed by atoms with Crippen molar-refractivity contribution >= 4 is 44.1 Å². The maximum absolute atomic E-state index is 9.35. The van der Waals surface area contributed by atoms with Gasteiger partial charge >= 0.3 is 7.12 Å². The van der Waals surface area contributed by atoms with E-state index in [1.807, 2.05) is 23.5 Å².